The van der Waals surface area contributed by atoms with Crippen LogP contribution in [0, 0.1) is 6.92 Å². The smallest absolute Gasteiger partial charge is 0.344 e. The molecule has 1 atom stereocenters. The molecule has 2 aromatic carbocycles. The van der Waals surface area contributed by atoms with E-state index in [0.717, 1.165) is 5.56 Å². The Kier molecular flexibility index (Phi) is 6.19. The van der Waals surface area contributed by atoms with Gasteiger partial charge in [-0.25, -0.2) is 4.79 Å². The minimum atomic E-state index is -1.30. The van der Waals surface area contributed by atoms with Crippen molar-refractivity contribution in [2.24, 2.45) is 0 Å². The van der Waals surface area contributed by atoms with Gasteiger partial charge in [0.15, 0.2) is 6.61 Å². The molecule has 1 heterocycles. The molecule has 0 radical (unpaired) electrons. The molecule has 4 amide bonds. The van der Waals surface area contributed by atoms with Gasteiger partial charge in [-0.3, -0.25) is 15.0 Å². The summed E-state index contributed by atoms with van der Waals surface area (Å²) < 4.78 is 10.7. The van der Waals surface area contributed by atoms with Crippen molar-refractivity contribution in [3.8, 4) is 11.5 Å². The number of imide groups is 1. The SMILES string of the molecule is COc1ccc([C@@]2(C)NC(=O)N(NC(=O)COc3ccc(C(C)C)c(C)c3)C2=O)cc1. The Morgan fingerprint density at radius 2 is 1.77 bits per heavy atom. The molecule has 0 aliphatic carbocycles. The van der Waals surface area contributed by atoms with Crippen LogP contribution in [0.5, 0.6) is 11.5 Å². The molecule has 1 aliphatic rings. The van der Waals surface area contributed by atoms with Crippen molar-refractivity contribution in [1.29, 1.82) is 0 Å². The van der Waals surface area contributed by atoms with Crippen LogP contribution < -0.4 is 20.2 Å². The number of methoxy groups -OCH3 is 1. The third-order valence-corrected chi connectivity index (χ3v) is 5.33. The first kappa shape index (κ1) is 22.1. The number of carbonyl (C=O) groups excluding carboxylic acids is 3. The minimum Gasteiger partial charge on any atom is -0.497 e. The number of urea groups is 1. The van der Waals surface area contributed by atoms with Gasteiger partial charge in [-0.05, 0) is 60.7 Å². The van der Waals surface area contributed by atoms with E-state index in [4.69, 9.17) is 9.47 Å². The Hall–Kier alpha value is -3.55. The number of nitrogens with zero attached hydrogens (tertiary/aromatic N) is 1. The molecule has 0 unspecified atom stereocenters. The molecular formula is C23H27N3O5. The van der Waals surface area contributed by atoms with Crippen LogP contribution in [-0.2, 0) is 15.1 Å². The standard InChI is InChI=1S/C23H27N3O5/c1-14(2)19-11-10-18(12-15(19)3)31-13-20(27)25-26-21(28)23(4,24-22(26)29)16-6-8-17(30-5)9-7-16/h6-12,14H,13H2,1-5H3,(H,24,29)(H,25,27)/t23-/m1/s1. The highest BCUT2D eigenvalue weighted by atomic mass is 16.5. The molecule has 0 saturated carbocycles. The van der Waals surface area contributed by atoms with Gasteiger partial charge in [0.2, 0.25) is 0 Å². The Morgan fingerprint density at radius 3 is 2.35 bits per heavy atom. The summed E-state index contributed by atoms with van der Waals surface area (Å²) in [6.07, 6.45) is 0. The first-order valence-electron chi connectivity index (χ1n) is 9.99. The van der Waals surface area contributed by atoms with Gasteiger partial charge in [0.25, 0.3) is 11.8 Å². The van der Waals surface area contributed by atoms with Crippen LogP contribution in [0.2, 0.25) is 0 Å². The number of ether oxygens (including phenoxy) is 2. The maximum Gasteiger partial charge on any atom is 0.344 e. The van der Waals surface area contributed by atoms with E-state index in [-0.39, 0.29) is 6.61 Å². The Morgan fingerprint density at radius 1 is 1.13 bits per heavy atom. The molecule has 0 bridgehead atoms. The van der Waals surface area contributed by atoms with Crippen LogP contribution in [0.1, 0.15) is 43.4 Å². The number of hydrazine groups is 1. The highest BCUT2D eigenvalue weighted by Crippen LogP contribution is 2.29. The molecule has 1 fully saturated rings. The average Bonchev–Trinajstić information content (AvgIpc) is 2.96. The van der Waals surface area contributed by atoms with Crippen LogP contribution in [-0.4, -0.2) is 36.6 Å². The van der Waals surface area contributed by atoms with Gasteiger partial charge in [-0.1, -0.05) is 32.0 Å². The summed E-state index contributed by atoms with van der Waals surface area (Å²) in [5, 5.41) is 3.31. The van der Waals surface area contributed by atoms with Gasteiger partial charge in [0, 0.05) is 0 Å². The van der Waals surface area contributed by atoms with Crippen LogP contribution in [0.25, 0.3) is 0 Å². The molecule has 2 N–H and O–H groups in total. The molecule has 31 heavy (non-hydrogen) atoms. The third kappa shape index (κ3) is 4.47. The van der Waals surface area contributed by atoms with E-state index >= 15 is 0 Å². The van der Waals surface area contributed by atoms with Gasteiger partial charge in [-0.15, -0.1) is 0 Å². The lowest BCUT2D eigenvalue weighted by molar-refractivity contribution is -0.139. The zero-order chi connectivity index (χ0) is 22.8. The number of carbonyl (C=O) groups is 3. The number of benzene rings is 2. The topological polar surface area (TPSA) is 97.0 Å². The number of amides is 4. The zero-order valence-corrected chi connectivity index (χ0v) is 18.3. The van der Waals surface area contributed by atoms with E-state index < -0.39 is 23.4 Å². The fourth-order valence-corrected chi connectivity index (χ4v) is 3.55. The molecule has 1 aliphatic heterocycles. The van der Waals surface area contributed by atoms with Crippen LogP contribution in [0.3, 0.4) is 0 Å². The van der Waals surface area contributed by atoms with Gasteiger partial charge in [0.1, 0.15) is 17.0 Å². The Bertz CT molecular complexity index is 1000. The predicted octanol–water partition coefficient (Wildman–Crippen LogP) is 3.00. The normalized spacial score (nSPS) is 18.2. The molecule has 3 rings (SSSR count). The highest BCUT2D eigenvalue weighted by molar-refractivity contribution is 6.08. The molecule has 0 spiro atoms. The van der Waals surface area contributed by atoms with E-state index in [1.807, 2.05) is 19.1 Å². The lowest BCUT2D eigenvalue weighted by atomic mass is 9.92. The third-order valence-electron chi connectivity index (χ3n) is 5.33. The van der Waals surface area contributed by atoms with Crippen LogP contribution >= 0.6 is 0 Å². The summed E-state index contributed by atoms with van der Waals surface area (Å²) in [5.41, 5.74) is 3.86. The average molecular weight is 425 g/mol. The van der Waals surface area contributed by atoms with Crippen molar-refractivity contribution in [2.45, 2.75) is 39.2 Å². The summed E-state index contributed by atoms with van der Waals surface area (Å²) in [4.78, 5) is 37.6. The Balaban J connectivity index is 1.64. The minimum absolute atomic E-state index is 0.337. The fourth-order valence-electron chi connectivity index (χ4n) is 3.55. The number of nitrogens with one attached hydrogen (secondary N) is 2. The van der Waals surface area contributed by atoms with E-state index in [0.29, 0.717) is 28.0 Å². The van der Waals surface area contributed by atoms with Crippen molar-refractivity contribution in [2.75, 3.05) is 13.7 Å². The number of hydrogen-bond donors (Lipinski definition) is 2. The van der Waals surface area contributed by atoms with Crippen molar-refractivity contribution < 1.29 is 23.9 Å². The van der Waals surface area contributed by atoms with Crippen molar-refractivity contribution in [1.82, 2.24) is 15.8 Å². The maximum absolute atomic E-state index is 12.9. The lowest BCUT2D eigenvalue weighted by Crippen LogP contribution is -2.49. The first-order chi connectivity index (χ1) is 14.7. The van der Waals surface area contributed by atoms with E-state index in [9.17, 15) is 14.4 Å². The van der Waals surface area contributed by atoms with Gasteiger partial charge in [0.05, 0.1) is 7.11 Å². The summed E-state index contributed by atoms with van der Waals surface area (Å²) in [6.45, 7) is 7.44. The lowest BCUT2D eigenvalue weighted by Gasteiger charge is -2.22. The van der Waals surface area contributed by atoms with E-state index in [2.05, 4.69) is 24.6 Å². The number of aryl methyl sites for hydroxylation is 1. The molecule has 8 nitrogen and oxygen atoms in total. The summed E-state index contributed by atoms with van der Waals surface area (Å²) in [7, 11) is 1.54. The largest absolute Gasteiger partial charge is 0.497 e. The van der Waals surface area contributed by atoms with Gasteiger partial charge in [-0.2, -0.15) is 5.01 Å². The molecule has 1 saturated heterocycles. The monoisotopic (exact) mass is 425 g/mol. The molecule has 2 aromatic rings. The second kappa shape index (κ2) is 8.67. The summed E-state index contributed by atoms with van der Waals surface area (Å²) in [6, 6.07) is 11.7. The van der Waals surface area contributed by atoms with Crippen molar-refractivity contribution in [3.63, 3.8) is 0 Å². The molecule has 164 valence electrons. The quantitative estimate of drug-likeness (QED) is 0.665. The summed E-state index contributed by atoms with van der Waals surface area (Å²) in [5.74, 6) is 0.346. The van der Waals surface area contributed by atoms with Crippen LogP contribution in [0.15, 0.2) is 42.5 Å². The maximum atomic E-state index is 12.9. The van der Waals surface area contributed by atoms with Gasteiger partial charge >= 0.3 is 6.03 Å². The molecule has 8 heteroatoms. The number of rotatable bonds is 7. The van der Waals surface area contributed by atoms with Gasteiger partial charge < -0.3 is 14.8 Å². The van der Waals surface area contributed by atoms with Crippen molar-refractivity contribution >= 4 is 17.8 Å². The first-order valence-corrected chi connectivity index (χ1v) is 9.99. The zero-order valence-electron chi connectivity index (χ0n) is 18.3. The second-order valence-electron chi connectivity index (χ2n) is 7.92. The summed E-state index contributed by atoms with van der Waals surface area (Å²) >= 11 is 0. The fraction of sp³-hybridized carbons (Fsp3) is 0.348. The van der Waals surface area contributed by atoms with Crippen LogP contribution in [0.4, 0.5) is 4.79 Å². The molecule has 0 aromatic heterocycles. The predicted molar refractivity (Wildman–Crippen MR) is 115 cm³/mol. The van der Waals surface area contributed by atoms with E-state index in [1.54, 1.807) is 44.4 Å². The highest BCUT2D eigenvalue weighted by Gasteiger charge is 2.50. The second-order valence-corrected chi connectivity index (χ2v) is 7.92. The molecular weight excluding hydrogens is 398 g/mol. The Labute approximate surface area is 181 Å². The van der Waals surface area contributed by atoms with Crippen molar-refractivity contribution in [3.05, 3.63) is 59.2 Å². The number of hydrogen-bond acceptors (Lipinski definition) is 5. The van der Waals surface area contributed by atoms with E-state index in [1.165, 1.54) is 5.56 Å².